The fourth-order valence-corrected chi connectivity index (χ4v) is 7.06. The van der Waals surface area contributed by atoms with Crippen molar-refractivity contribution in [3.05, 3.63) is 44.5 Å². The lowest BCUT2D eigenvalue weighted by Gasteiger charge is -2.29. The first-order valence-electron chi connectivity index (χ1n) is 23.6. The first kappa shape index (κ1) is 55.3. The quantitative estimate of drug-likeness (QED) is 0.0763. The molecule has 0 unspecified atom stereocenters. The van der Waals surface area contributed by atoms with E-state index in [1.165, 1.54) is 56.4 Å². The first-order valence-corrected chi connectivity index (χ1v) is 23.6. The van der Waals surface area contributed by atoms with Crippen molar-refractivity contribution in [3.63, 3.8) is 0 Å². The number of unbranched alkanes of at least 4 members (excludes halogenated alkanes) is 9. The third kappa shape index (κ3) is 20.9. The summed E-state index contributed by atoms with van der Waals surface area (Å²) in [5.41, 5.74) is -2.54. The number of hydrogen-bond acceptors (Lipinski definition) is 18. The van der Waals surface area contributed by atoms with Crippen molar-refractivity contribution in [2.45, 2.75) is 84.5 Å². The van der Waals surface area contributed by atoms with Crippen LogP contribution in [0.3, 0.4) is 0 Å². The fraction of sp³-hybridized carbons (Fsp3) is 0.696. The van der Waals surface area contributed by atoms with Gasteiger partial charge in [0.05, 0.1) is 89.1 Å². The second-order valence-electron chi connectivity index (χ2n) is 16.3. The minimum absolute atomic E-state index is 0.0403. The molecule has 2 aromatic carbocycles. The number of hydrogen-bond donors (Lipinski definition) is 2. The standard InChI is InChI=1S/C46H70N4O18/c1-3-4-5-6-7-8-9-10-11-12-17-46(2,34-67-44(51)47-40-36(49(53)54)13-15-38-42(40)65-32-28-61-24-20-57-18-22-59-26-30-63-38)35-68-45(52)48-41-37(50(55)56)14-16-39-43(41)66-33-29-62-25-21-58-19-23-60-27-31-64-39/h13-16H,3-12,17-35H2,1-2H3,(H,47,51)(H,48,52). The molecule has 0 spiro atoms. The van der Waals surface area contributed by atoms with Crippen LogP contribution in [0.5, 0.6) is 23.0 Å². The highest BCUT2D eigenvalue weighted by Crippen LogP contribution is 2.44. The summed E-state index contributed by atoms with van der Waals surface area (Å²) in [6, 6.07) is 5.10. The number of nitrogens with zero attached hydrogens (tertiary/aromatic N) is 2. The number of nitro groups is 2. The Morgan fingerprint density at radius 3 is 1.19 bits per heavy atom. The van der Waals surface area contributed by atoms with Crippen molar-refractivity contribution < 1.29 is 76.3 Å². The van der Waals surface area contributed by atoms with E-state index in [9.17, 15) is 29.8 Å². The Kier molecular flexibility index (Phi) is 26.4. The molecule has 0 aromatic heterocycles. The largest absolute Gasteiger partial charge is 0.487 e. The summed E-state index contributed by atoms with van der Waals surface area (Å²) in [5, 5.41) is 29.5. The molecule has 2 aliphatic heterocycles. The van der Waals surface area contributed by atoms with Crippen LogP contribution < -0.4 is 29.6 Å². The summed E-state index contributed by atoms with van der Waals surface area (Å²) in [6.07, 6.45) is 9.16. The summed E-state index contributed by atoms with van der Waals surface area (Å²) in [5.74, 6) is 0.0196. The molecule has 4 rings (SSSR count). The van der Waals surface area contributed by atoms with Crippen LogP contribution in [0.1, 0.15) is 84.5 Å². The van der Waals surface area contributed by atoms with E-state index >= 15 is 0 Å². The zero-order chi connectivity index (χ0) is 48.7. The van der Waals surface area contributed by atoms with Crippen molar-refractivity contribution >= 4 is 34.9 Å². The average Bonchev–Trinajstić information content (AvgIpc) is 3.33. The van der Waals surface area contributed by atoms with E-state index in [4.69, 9.17) is 56.8 Å². The van der Waals surface area contributed by atoms with Gasteiger partial charge in [0.2, 0.25) is 0 Å². The Hall–Kier alpha value is -5.26. The van der Waals surface area contributed by atoms with Crippen LogP contribution in [0.4, 0.5) is 32.3 Å². The molecule has 382 valence electrons. The van der Waals surface area contributed by atoms with Crippen LogP contribution in [-0.2, 0) is 37.9 Å². The maximum absolute atomic E-state index is 13.6. The normalized spacial score (nSPS) is 16.1. The van der Waals surface area contributed by atoms with Gasteiger partial charge in [0.15, 0.2) is 34.4 Å². The van der Waals surface area contributed by atoms with E-state index in [0.717, 1.165) is 25.7 Å². The second kappa shape index (κ2) is 32.5. The third-order valence-corrected chi connectivity index (χ3v) is 10.7. The lowest BCUT2D eigenvalue weighted by molar-refractivity contribution is -0.384. The number of nitrogens with one attached hydrogen (secondary N) is 2. The van der Waals surface area contributed by atoms with Gasteiger partial charge in [-0.3, -0.25) is 30.9 Å². The van der Waals surface area contributed by atoms with Crippen molar-refractivity contribution in [2.75, 3.05) is 130 Å². The van der Waals surface area contributed by atoms with Gasteiger partial charge in [-0.05, 0) is 18.6 Å². The number of nitro benzene ring substituents is 2. The minimum atomic E-state index is -1.05. The molecule has 0 radical (unpaired) electrons. The van der Waals surface area contributed by atoms with Crippen LogP contribution in [-0.4, -0.2) is 141 Å². The number of anilines is 2. The van der Waals surface area contributed by atoms with Gasteiger partial charge in [0, 0.05) is 17.5 Å². The lowest BCUT2D eigenvalue weighted by Crippen LogP contribution is -2.33. The van der Waals surface area contributed by atoms with Gasteiger partial charge < -0.3 is 56.8 Å². The smallest absolute Gasteiger partial charge is 0.411 e. The number of amides is 2. The molecule has 0 aliphatic carbocycles. The van der Waals surface area contributed by atoms with Crippen LogP contribution in [0.2, 0.25) is 0 Å². The molecule has 0 fully saturated rings. The zero-order valence-electron chi connectivity index (χ0n) is 39.6. The maximum atomic E-state index is 13.6. The molecule has 2 N–H and O–H groups in total. The van der Waals surface area contributed by atoms with E-state index < -0.39 is 38.8 Å². The molecule has 2 amide bonds. The van der Waals surface area contributed by atoms with E-state index in [-0.39, 0.29) is 114 Å². The number of carbonyl (C=O) groups excluding carboxylic acids is 2. The van der Waals surface area contributed by atoms with Crippen molar-refractivity contribution in [2.24, 2.45) is 5.41 Å². The SMILES string of the molecule is CCCCCCCCCCCCC(C)(COC(=O)Nc1c([N+](=O)[O-])ccc2c1OCCOCCOCCOCCO2)COC(=O)Nc1c([N+](=O)[O-])ccc2c1OCCOCCOCCOCCO2. The first-order chi connectivity index (χ1) is 33.1. The number of benzene rings is 2. The highest BCUT2D eigenvalue weighted by atomic mass is 16.6. The van der Waals surface area contributed by atoms with E-state index in [1.807, 2.05) is 0 Å². The number of fused-ring (bicyclic) bond motifs is 2. The molecule has 68 heavy (non-hydrogen) atoms. The van der Waals surface area contributed by atoms with Gasteiger partial charge in [-0.2, -0.15) is 0 Å². The van der Waals surface area contributed by atoms with Crippen LogP contribution in [0, 0.1) is 25.6 Å². The van der Waals surface area contributed by atoms with Gasteiger partial charge in [0.25, 0.3) is 11.4 Å². The van der Waals surface area contributed by atoms with Crippen molar-refractivity contribution in [3.8, 4) is 23.0 Å². The molecule has 0 bridgehead atoms. The van der Waals surface area contributed by atoms with Crippen LogP contribution >= 0.6 is 0 Å². The second-order valence-corrected chi connectivity index (χ2v) is 16.3. The molecule has 22 heteroatoms. The number of rotatable bonds is 19. The molecule has 22 nitrogen and oxygen atoms in total. The van der Waals surface area contributed by atoms with Crippen molar-refractivity contribution in [1.82, 2.24) is 0 Å². The summed E-state index contributed by atoms with van der Waals surface area (Å²) < 4.78 is 68.1. The third-order valence-electron chi connectivity index (χ3n) is 10.7. The lowest BCUT2D eigenvalue weighted by atomic mass is 9.86. The monoisotopic (exact) mass is 966 g/mol. The zero-order valence-corrected chi connectivity index (χ0v) is 39.6. The molecular formula is C46H70N4O18. The minimum Gasteiger partial charge on any atom is -0.487 e. The molecule has 0 atom stereocenters. The maximum Gasteiger partial charge on any atom is 0.411 e. The van der Waals surface area contributed by atoms with Gasteiger partial charge >= 0.3 is 12.2 Å². The predicted molar refractivity (Wildman–Crippen MR) is 248 cm³/mol. The van der Waals surface area contributed by atoms with Gasteiger partial charge in [-0.25, -0.2) is 9.59 Å². The summed E-state index contributed by atoms with van der Waals surface area (Å²) in [6.45, 7) is 6.65. The van der Waals surface area contributed by atoms with E-state index in [2.05, 4.69) is 17.6 Å². The molecule has 2 aromatic rings. The van der Waals surface area contributed by atoms with Crippen molar-refractivity contribution in [1.29, 1.82) is 0 Å². The Labute approximate surface area is 397 Å². The molecule has 2 aliphatic rings. The Morgan fingerprint density at radius 2 is 0.838 bits per heavy atom. The molecule has 0 saturated carbocycles. The van der Waals surface area contributed by atoms with Gasteiger partial charge in [-0.1, -0.05) is 78.1 Å². The van der Waals surface area contributed by atoms with Crippen LogP contribution in [0.25, 0.3) is 0 Å². The van der Waals surface area contributed by atoms with E-state index in [0.29, 0.717) is 52.5 Å². The molecular weight excluding hydrogens is 897 g/mol. The number of ether oxygens (including phenoxy) is 12. The summed E-state index contributed by atoms with van der Waals surface area (Å²) in [7, 11) is 0. The molecule has 2 heterocycles. The highest BCUT2D eigenvalue weighted by Gasteiger charge is 2.32. The number of carbonyl (C=O) groups is 2. The van der Waals surface area contributed by atoms with Gasteiger partial charge in [0.1, 0.15) is 39.6 Å². The van der Waals surface area contributed by atoms with Crippen LogP contribution in [0.15, 0.2) is 24.3 Å². The van der Waals surface area contributed by atoms with E-state index in [1.54, 1.807) is 6.92 Å². The topological polar surface area (TPSA) is 255 Å². The molecule has 0 saturated heterocycles. The summed E-state index contributed by atoms with van der Waals surface area (Å²) >= 11 is 0. The van der Waals surface area contributed by atoms with Gasteiger partial charge in [-0.15, -0.1) is 0 Å². The Balaban J connectivity index is 1.50. The Morgan fingerprint density at radius 1 is 0.515 bits per heavy atom. The summed E-state index contributed by atoms with van der Waals surface area (Å²) in [4.78, 5) is 50.4. The Bertz CT molecular complexity index is 1710. The highest BCUT2D eigenvalue weighted by molar-refractivity contribution is 5.92. The fourth-order valence-electron chi connectivity index (χ4n) is 7.06. The predicted octanol–water partition coefficient (Wildman–Crippen LogP) is 8.26. The average molecular weight is 967 g/mol.